The minimum Gasteiger partial charge on any atom is -0.379 e. The molecule has 2 unspecified atom stereocenters. The second kappa shape index (κ2) is 11.7. The highest BCUT2D eigenvalue weighted by Gasteiger charge is 2.20. The van der Waals surface area contributed by atoms with Crippen molar-refractivity contribution in [2.75, 3.05) is 72.7 Å². The van der Waals surface area contributed by atoms with Crippen molar-refractivity contribution in [3.05, 3.63) is 0 Å². The Bertz CT molecular complexity index is 380. The summed E-state index contributed by atoms with van der Waals surface area (Å²) in [5.74, 6) is 0.878. The molecule has 146 valence electrons. The van der Waals surface area contributed by atoms with Crippen LogP contribution in [0, 0.1) is 0 Å². The van der Waals surface area contributed by atoms with Gasteiger partial charge in [-0.1, -0.05) is 6.92 Å². The Labute approximate surface area is 153 Å². The lowest BCUT2D eigenvalue weighted by Gasteiger charge is -2.37. The van der Waals surface area contributed by atoms with Crippen LogP contribution in [-0.2, 0) is 9.47 Å². The third-order valence-electron chi connectivity index (χ3n) is 5.12. The zero-order valence-electron chi connectivity index (χ0n) is 16.3. The predicted octanol–water partition coefficient (Wildman–Crippen LogP) is 0.373. The fourth-order valence-electron chi connectivity index (χ4n) is 3.29. The molecule has 25 heavy (non-hydrogen) atoms. The van der Waals surface area contributed by atoms with Gasteiger partial charge in [-0.25, -0.2) is 0 Å². The van der Waals surface area contributed by atoms with Crippen molar-refractivity contribution in [2.24, 2.45) is 4.99 Å². The zero-order chi connectivity index (χ0) is 17.9. The highest BCUT2D eigenvalue weighted by molar-refractivity contribution is 5.79. The summed E-state index contributed by atoms with van der Waals surface area (Å²) in [7, 11) is 1.83. The van der Waals surface area contributed by atoms with Crippen molar-refractivity contribution in [1.29, 1.82) is 0 Å². The van der Waals surface area contributed by atoms with Crippen molar-refractivity contribution in [3.63, 3.8) is 0 Å². The Morgan fingerprint density at radius 3 is 2.72 bits per heavy atom. The van der Waals surface area contributed by atoms with Gasteiger partial charge in [-0.2, -0.15) is 0 Å². The Kier molecular flexibility index (Phi) is 9.54. The van der Waals surface area contributed by atoms with E-state index in [0.717, 1.165) is 71.3 Å². The van der Waals surface area contributed by atoms with Crippen molar-refractivity contribution in [1.82, 2.24) is 20.4 Å². The van der Waals surface area contributed by atoms with Crippen LogP contribution in [0.1, 0.15) is 26.7 Å². The average molecular weight is 356 g/mol. The lowest BCUT2D eigenvalue weighted by molar-refractivity contribution is 0.0420. The van der Waals surface area contributed by atoms with Gasteiger partial charge in [0.2, 0.25) is 0 Å². The zero-order valence-corrected chi connectivity index (χ0v) is 16.3. The van der Waals surface area contributed by atoms with Gasteiger partial charge in [0, 0.05) is 65.6 Å². The number of rotatable bonds is 9. The molecule has 0 amide bonds. The molecule has 0 saturated carbocycles. The molecule has 0 aromatic rings. The summed E-state index contributed by atoms with van der Waals surface area (Å²) < 4.78 is 11.1. The maximum Gasteiger partial charge on any atom is 0.191 e. The van der Waals surface area contributed by atoms with Gasteiger partial charge >= 0.3 is 0 Å². The summed E-state index contributed by atoms with van der Waals surface area (Å²) >= 11 is 0. The lowest BCUT2D eigenvalue weighted by Crippen LogP contribution is -2.53. The summed E-state index contributed by atoms with van der Waals surface area (Å²) in [6.45, 7) is 14.5. The summed E-state index contributed by atoms with van der Waals surface area (Å²) in [6, 6.07) is 0.517. The van der Waals surface area contributed by atoms with E-state index in [4.69, 9.17) is 9.47 Å². The van der Waals surface area contributed by atoms with Crippen LogP contribution in [0.4, 0.5) is 0 Å². The number of likely N-dealkylation sites (N-methyl/N-ethyl adjacent to an activating group) is 1. The van der Waals surface area contributed by atoms with Crippen LogP contribution < -0.4 is 10.6 Å². The van der Waals surface area contributed by atoms with Gasteiger partial charge in [-0.05, 0) is 26.3 Å². The molecule has 7 heteroatoms. The molecular formula is C18H37N5O2. The molecule has 7 nitrogen and oxygen atoms in total. The normalized spacial score (nSPS) is 24.4. The average Bonchev–Trinajstić information content (AvgIpc) is 3.17. The topological polar surface area (TPSA) is 61.4 Å². The molecule has 2 atom stereocenters. The SMILES string of the molecule is CCN1CCN(C(C)CNC(=NC)NCCCOC2CCOC2)CC1. The van der Waals surface area contributed by atoms with E-state index in [-0.39, 0.29) is 0 Å². The van der Waals surface area contributed by atoms with Crippen molar-refractivity contribution < 1.29 is 9.47 Å². The van der Waals surface area contributed by atoms with Gasteiger partial charge in [0.15, 0.2) is 5.96 Å². The van der Waals surface area contributed by atoms with Crippen molar-refractivity contribution >= 4 is 5.96 Å². The van der Waals surface area contributed by atoms with Crippen LogP contribution in [0.25, 0.3) is 0 Å². The van der Waals surface area contributed by atoms with Gasteiger partial charge in [-0.15, -0.1) is 0 Å². The van der Waals surface area contributed by atoms with E-state index in [2.05, 4.69) is 39.3 Å². The number of nitrogens with one attached hydrogen (secondary N) is 2. The molecular weight excluding hydrogens is 318 g/mol. The molecule has 2 heterocycles. The van der Waals surface area contributed by atoms with E-state index in [1.165, 1.54) is 13.1 Å². The summed E-state index contributed by atoms with van der Waals surface area (Å²) in [6.07, 6.45) is 2.30. The molecule has 0 bridgehead atoms. The molecule has 2 N–H and O–H groups in total. The molecule has 2 rings (SSSR count). The Morgan fingerprint density at radius 2 is 2.08 bits per heavy atom. The minimum absolute atomic E-state index is 0.298. The molecule has 0 aromatic carbocycles. The second-order valence-electron chi connectivity index (χ2n) is 6.91. The molecule has 2 fully saturated rings. The third kappa shape index (κ3) is 7.48. The van der Waals surface area contributed by atoms with Crippen LogP contribution in [0.5, 0.6) is 0 Å². The largest absolute Gasteiger partial charge is 0.379 e. The lowest BCUT2D eigenvalue weighted by atomic mass is 10.2. The smallest absolute Gasteiger partial charge is 0.191 e. The highest BCUT2D eigenvalue weighted by Crippen LogP contribution is 2.08. The first kappa shape index (κ1) is 20.4. The molecule has 0 aliphatic carbocycles. The van der Waals surface area contributed by atoms with Crippen LogP contribution in [0.3, 0.4) is 0 Å². The van der Waals surface area contributed by atoms with E-state index in [0.29, 0.717) is 12.1 Å². The number of piperazine rings is 1. The minimum atomic E-state index is 0.298. The summed E-state index contributed by atoms with van der Waals surface area (Å²) in [5.41, 5.74) is 0. The molecule has 2 aliphatic heterocycles. The number of hydrogen-bond acceptors (Lipinski definition) is 5. The van der Waals surface area contributed by atoms with Crippen molar-refractivity contribution in [2.45, 2.75) is 38.8 Å². The number of guanidine groups is 1. The maximum atomic E-state index is 5.78. The number of nitrogens with zero attached hydrogens (tertiary/aromatic N) is 3. The van der Waals surface area contributed by atoms with Crippen LogP contribution >= 0.6 is 0 Å². The van der Waals surface area contributed by atoms with Crippen LogP contribution in [0.15, 0.2) is 4.99 Å². The van der Waals surface area contributed by atoms with Gasteiger partial charge in [0.1, 0.15) is 0 Å². The Balaban J connectivity index is 1.53. The van der Waals surface area contributed by atoms with Crippen LogP contribution in [0.2, 0.25) is 0 Å². The van der Waals surface area contributed by atoms with Gasteiger partial charge in [0.05, 0.1) is 12.7 Å². The molecule has 0 spiro atoms. The van der Waals surface area contributed by atoms with E-state index >= 15 is 0 Å². The molecule has 2 saturated heterocycles. The fraction of sp³-hybridized carbons (Fsp3) is 0.944. The van der Waals surface area contributed by atoms with E-state index in [1.54, 1.807) is 0 Å². The van der Waals surface area contributed by atoms with Gasteiger partial charge in [-0.3, -0.25) is 9.89 Å². The van der Waals surface area contributed by atoms with Crippen LogP contribution in [-0.4, -0.2) is 101 Å². The fourth-order valence-corrected chi connectivity index (χ4v) is 3.29. The Morgan fingerprint density at radius 1 is 1.28 bits per heavy atom. The molecule has 0 aromatic heterocycles. The van der Waals surface area contributed by atoms with Crippen molar-refractivity contribution in [3.8, 4) is 0 Å². The second-order valence-corrected chi connectivity index (χ2v) is 6.91. The van der Waals surface area contributed by atoms with E-state index < -0.39 is 0 Å². The van der Waals surface area contributed by atoms with E-state index in [9.17, 15) is 0 Å². The third-order valence-corrected chi connectivity index (χ3v) is 5.12. The highest BCUT2D eigenvalue weighted by atomic mass is 16.5. The first-order chi connectivity index (χ1) is 12.2. The summed E-state index contributed by atoms with van der Waals surface area (Å²) in [5, 5.41) is 6.82. The first-order valence-corrected chi connectivity index (χ1v) is 9.83. The maximum absolute atomic E-state index is 5.78. The van der Waals surface area contributed by atoms with Gasteiger partial charge in [0.25, 0.3) is 0 Å². The van der Waals surface area contributed by atoms with E-state index in [1.807, 2.05) is 7.05 Å². The quantitative estimate of drug-likeness (QED) is 0.354. The standard InChI is InChI=1S/C18H37N5O2/c1-4-22-8-10-23(11-9-22)16(2)14-21-18(19-3)20-7-5-12-25-17-6-13-24-15-17/h16-17H,4-15H2,1-3H3,(H2,19,20,21). The predicted molar refractivity (Wildman–Crippen MR) is 102 cm³/mol. The number of aliphatic imine (C=N–C) groups is 1. The Hall–Kier alpha value is -0.890. The monoisotopic (exact) mass is 355 g/mol. The molecule has 0 radical (unpaired) electrons. The van der Waals surface area contributed by atoms with Gasteiger partial charge < -0.3 is 25.0 Å². The summed E-state index contributed by atoms with van der Waals surface area (Å²) in [4.78, 5) is 9.38. The number of ether oxygens (including phenoxy) is 2. The molecule has 2 aliphatic rings. The first-order valence-electron chi connectivity index (χ1n) is 9.83. The number of hydrogen-bond donors (Lipinski definition) is 2.